The molecule has 0 saturated carbocycles. The predicted octanol–water partition coefficient (Wildman–Crippen LogP) is -0.285. The summed E-state index contributed by atoms with van der Waals surface area (Å²) in [5, 5.41) is 5.45. The molecular weight excluding hydrogens is 272 g/mol. The Morgan fingerprint density at radius 2 is 2.33 bits per heavy atom. The Morgan fingerprint density at radius 1 is 1.52 bits per heavy atom. The largest absolute Gasteiger partial charge is 0.397 e. The van der Waals surface area contributed by atoms with Crippen molar-refractivity contribution in [3.8, 4) is 0 Å². The molecule has 1 saturated heterocycles. The van der Waals surface area contributed by atoms with Crippen LogP contribution in [-0.2, 0) is 20.7 Å². The third kappa shape index (κ3) is 2.40. The van der Waals surface area contributed by atoms with Crippen LogP contribution in [0.3, 0.4) is 0 Å². The first kappa shape index (κ1) is 13.7. The number of anilines is 3. The number of hydrogen-bond donors (Lipinski definition) is 3. The van der Waals surface area contributed by atoms with E-state index in [0.717, 1.165) is 16.9 Å². The monoisotopic (exact) mass is 290 g/mol. The van der Waals surface area contributed by atoms with Gasteiger partial charge < -0.3 is 26.0 Å². The van der Waals surface area contributed by atoms with Gasteiger partial charge in [0.1, 0.15) is 6.04 Å². The van der Waals surface area contributed by atoms with E-state index in [1.54, 1.807) is 13.1 Å². The van der Waals surface area contributed by atoms with Crippen molar-refractivity contribution in [1.29, 1.82) is 0 Å². The van der Waals surface area contributed by atoms with Gasteiger partial charge in [-0.1, -0.05) is 0 Å². The number of nitrogens with one attached hydrogen (secondary N) is 2. The van der Waals surface area contributed by atoms with Gasteiger partial charge in [0.25, 0.3) is 0 Å². The number of nitrogen functional groups attached to an aromatic ring is 1. The fraction of sp³-hybridized carbons (Fsp3) is 0.429. The number of amides is 2. The Hall–Kier alpha value is -2.28. The highest BCUT2D eigenvalue weighted by Crippen LogP contribution is 2.35. The minimum Gasteiger partial charge on any atom is -0.397 e. The van der Waals surface area contributed by atoms with Crippen LogP contribution < -0.4 is 21.3 Å². The molecule has 2 heterocycles. The van der Waals surface area contributed by atoms with Gasteiger partial charge >= 0.3 is 0 Å². The van der Waals surface area contributed by atoms with Crippen LogP contribution in [0.15, 0.2) is 12.1 Å². The first-order chi connectivity index (χ1) is 10.1. The molecule has 21 heavy (non-hydrogen) atoms. The maximum atomic E-state index is 12.0. The zero-order valence-electron chi connectivity index (χ0n) is 11.8. The van der Waals surface area contributed by atoms with Gasteiger partial charge in [-0.2, -0.15) is 0 Å². The highest BCUT2D eigenvalue weighted by Gasteiger charge is 2.31. The molecule has 1 unspecified atom stereocenters. The molecule has 7 nitrogen and oxygen atoms in total. The van der Waals surface area contributed by atoms with E-state index < -0.39 is 6.04 Å². The molecule has 2 aliphatic rings. The lowest BCUT2D eigenvalue weighted by molar-refractivity contribution is -0.124. The van der Waals surface area contributed by atoms with Gasteiger partial charge in [-0.15, -0.1) is 0 Å². The van der Waals surface area contributed by atoms with Crippen LogP contribution in [0.1, 0.15) is 5.56 Å². The van der Waals surface area contributed by atoms with Gasteiger partial charge in [-0.25, -0.2) is 0 Å². The quantitative estimate of drug-likeness (QED) is 0.651. The Morgan fingerprint density at radius 3 is 3.10 bits per heavy atom. The first-order valence-electron chi connectivity index (χ1n) is 6.88. The molecular formula is C14H18N4O3. The number of nitrogens with zero attached hydrogens (tertiary/aromatic N) is 1. The van der Waals surface area contributed by atoms with Gasteiger partial charge in [-0.3, -0.25) is 9.59 Å². The van der Waals surface area contributed by atoms with Crippen LogP contribution in [0.5, 0.6) is 0 Å². The van der Waals surface area contributed by atoms with Crippen LogP contribution in [0.4, 0.5) is 17.1 Å². The summed E-state index contributed by atoms with van der Waals surface area (Å²) in [5.41, 5.74) is 9.11. The number of carbonyl (C=O) groups excluding carboxylic acids is 2. The highest BCUT2D eigenvalue weighted by molar-refractivity contribution is 6.01. The summed E-state index contributed by atoms with van der Waals surface area (Å²) in [7, 11) is 1.60. The summed E-state index contributed by atoms with van der Waals surface area (Å²) in [6, 6.07) is 3.23. The van der Waals surface area contributed by atoms with E-state index in [1.165, 1.54) is 0 Å². The Bertz CT molecular complexity index is 602. The molecule has 3 rings (SSSR count). The Balaban J connectivity index is 1.97. The van der Waals surface area contributed by atoms with E-state index in [4.69, 9.17) is 10.5 Å². The number of morpholine rings is 1. The summed E-state index contributed by atoms with van der Waals surface area (Å²) in [6.07, 6.45) is 0.349. The average molecular weight is 290 g/mol. The van der Waals surface area contributed by atoms with Gasteiger partial charge in [0.05, 0.1) is 31.0 Å². The lowest BCUT2D eigenvalue weighted by Gasteiger charge is -2.36. The van der Waals surface area contributed by atoms with Crippen LogP contribution in [0, 0.1) is 0 Å². The van der Waals surface area contributed by atoms with Crippen LogP contribution in [-0.4, -0.2) is 44.7 Å². The van der Waals surface area contributed by atoms with Gasteiger partial charge in [0.2, 0.25) is 11.8 Å². The Kier molecular flexibility index (Phi) is 3.42. The average Bonchev–Trinajstić information content (AvgIpc) is 2.84. The SMILES string of the molecule is CNC(=O)C1COCCN1c1cc2c(cc1N)CC(=O)N2. The van der Waals surface area contributed by atoms with Crippen molar-refractivity contribution in [2.75, 3.05) is 42.8 Å². The van der Waals surface area contributed by atoms with Gasteiger partial charge in [0.15, 0.2) is 0 Å². The van der Waals surface area contributed by atoms with Crippen molar-refractivity contribution in [2.24, 2.45) is 0 Å². The van der Waals surface area contributed by atoms with Gasteiger partial charge in [-0.05, 0) is 17.7 Å². The van der Waals surface area contributed by atoms with E-state index in [0.29, 0.717) is 31.9 Å². The van der Waals surface area contributed by atoms with E-state index in [-0.39, 0.29) is 11.8 Å². The smallest absolute Gasteiger partial charge is 0.244 e. The number of benzene rings is 1. The minimum atomic E-state index is -0.416. The van der Waals surface area contributed by atoms with Crippen molar-refractivity contribution in [3.63, 3.8) is 0 Å². The van der Waals surface area contributed by atoms with Crippen molar-refractivity contribution in [3.05, 3.63) is 17.7 Å². The summed E-state index contributed by atoms with van der Waals surface area (Å²) in [4.78, 5) is 25.4. The summed E-state index contributed by atoms with van der Waals surface area (Å²) in [5.74, 6) is -0.148. The third-order valence-electron chi connectivity index (χ3n) is 3.86. The molecule has 1 aromatic carbocycles. The van der Waals surface area contributed by atoms with Crippen molar-refractivity contribution in [1.82, 2.24) is 5.32 Å². The maximum absolute atomic E-state index is 12.0. The summed E-state index contributed by atoms with van der Waals surface area (Å²) >= 11 is 0. The molecule has 2 aliphatic heterocycles. The van der Waals surface area contributed by atoms with Crippen molar-refractivity contribution in [2.45, 2.75) is 12.5 Å². The van der Waals surface area contributed by atoms with E-state index in [2.05, 4.69) is 10.6 Å². The van der Waals surface area contributed by atoms with Crippen molar-refractivity contribution >= 4 is 28.9 Å². The molecule has 0 radical (unpaired) electrons. The lowest BCUT2D eigenvalue weighted by atomic mass is 10.1. The fourth-order valence-electron chi connectivity index (χ4n) is 2.81. The molecule has 7 heteroatoms. The second-order valence-corrected chi connectivity index (χ2v) is 5.19. The second kappa shape index (κ2) is 5.25. The third-order valence-corrected chi connectivity index (χ3v) is 3.86. The molecule has 112 valence electrons. The molecule has 0 bridgehead atoms. The number of likely N-dealkylation sites (N-methyl/N-ethyl adjacent to an activating group) is 1. The lowest BCUT2D eigenvalue weighted by Crippen LogP contribution is -2.53. The second-order valence-electron chi connectivity index (χ2n) is 5.19. The standard InChI is InChI=1S/C14H18N4O3/c1-16-14(20)12-7-21-3-2-18(12)11-6-10-8(4-9(11)15)5-13(19)17-10/h4,6,12H,2-3,5,7,15H2,1H3,(H,16,20)(H,17,19). The first-order valence-corrected chi connectivity index (χ1v) is 6.88. The number of rotatable bonds is 2. The Labute approximate surface area is 122 Å². The molecule has 1 fully saturated rings. The number of ether oxygens (including phenoxy) is 1. The number of nitrogens with two attached hydrogens (primary N) is 1. The maximum Gasteiger partial charge on any atom is 0.244 e. The summed E-state index contributed by atoms with van der Waals surface area (Å²) in [6.45, 7) is 1.44. The van der Waals surface area contributed by atoms with Crippen LogP contribution in [0.2, 0.25) is 0 Å². The molecule has 1 atom stereocenters. The molecule has 1 aromatic rings. The zero-order chi connectivity index (χ0) is 15.0. The molecule has 0 aromatic heterocycles. The van der Waals surface area contributed by atoms with E-state index >= 15 is 0 Å². The molecule has 0 aliphatic carbocycles. The number of fused-ring (bicyclic) bond motifs is 1. The number of carbonyl (C=O) groups is 2. The predicted molar refractivity (Wildman–Crippen MR) is 79.2 cm³/mol. The molecule has 0 spiro atoms. The zero-order valence-corrected chi connectivity index (χ0v) is 11.8. The van der Waals surface area contributed by atoms with Crippen molar-refractivity contribution < 1.29 is 14.3 Å². The normalized spacial score (nSPS) is 20.9. The number of hydrogen-bond acceptors (Lipinski definition) is 5. The molecule has 2 amide bonds. The van der Waals surface area contributed by atoms with E-state index in [1.807, 2.05) is 11.0 Å². The fourth-order valence-corrected chi connectivity index (χ4v) is 2.81. The molecule has 4 N–H and O–H groups in total. The van der Waals surface area contributed by atoms with E-state index in [9.17, 15) is 9.59 Å². The minimum absolute atomic E-state index is 0.0358. The van der Waals surface area contributed by atoms with Crippen LogP contribution >= 0.6 is 0 Å². The van der Waals surface area contributed by atoms with Gasteiger partial charge in [0, 0.05) is 19.3 Å². The summed E-state index contributed by atoms with van der Waals surface area (Å²) < 4.78 is 5.39. The topological polar surface area (TPSA) is 96.7 Å². The highest BCUT2D eigenvalue weighted by atomic mass is 16.5. The van der Waals surface area contributed by atoms with Crippen LogP contribution in [0.25, 0.3) is 0 Å².